The molecule has 134 valence electrons. The predicted octanol–water partition coefficient (Wildman–Crippen LogP) is 1.85. The van der Waals surface area contributed by atoms with Gasteiger partial charge in [0.25, 0.3) is 0 Å². The van der Waals surface area contributed by atoms with Crippen LogP contribution in [0.5, 0.6) is 0 Å². The molecule has 0 saturated carbocycles. The zero-order valence-electron chi connectivity index (χ0n) is 13.9. The topological polar surface area (TPSA) is 90.6 Å². The molecule has 1 saturated heterocycles. The number of urea groups is 1. The van der Waals surface area contributed by atoms with E-state index in [1.165, 1.54) is 4.90 Å². The molecule has 25 heavy (non-hydrogen) atoms. The van der Waals surface area contributed by atoms with Gasteiger partial charge in [0.1, 0.15) is 5.82 Å². The van der Waals surface area contributed by atoms with E-state index in [2.05, 4.69) is 10.4 Å². The van der Waals surface area contributed by atoms with Gasteiger partial charge in [0.2, 0.25) is 0 Å². The molecule has 3 rings (SSSR count). The van der Waals surface area contributed by atoms with E-state index in [0.29, 0.717) is 30.4 Å². The van der Waals surface area contributed by atoms with E-state index in [4.69, 9.17) is 11.6 Å². The van der Waals surface area contributed by atoms with Crippen molar-refractivity contribution in [1.82, 2.24) is 14.7 Å². The van der Waals surface area contributed by atoms with Crippen LogP contribution in [0.3, 0.4) is 0 Å². The Balaban J connectivity index is 1.73. The van der Waals surface area contributed by atoms with E-state index in [1.54, 1.807) is 10.7 Å². The fraction of sp³-hybridized carbons (Fsp3) is 0.412. The predicted molar refractivity (Wildman–Crippen MR) is 94.7 cm³/mol. The number of rotatable bonds is 3. The second-order valence-electron chi connectivity index (χ2n) is 6.22. The number of piperidine rings is 1. The molecule has 2 heterocycles. The SMILES string of the molecule is Cc1cc(NC(=O)N2CC[C@@H](O)[C@H](O)C2)n(Cc2ccccc2Cl)n1. The highest BCUT2D eigenvalue weighted by molar-refractivity contribution is 6.31. The van der Waals surface area contributed by atoms with Gasteiger partial charge in [-0.05, 0) is 25.0 Å². The average molecular weight is 365 g/mol. The number of benzene rings is 1. The first-order chi connectivity index (χ1) is 11.9. The standard InChI is InChI=1S/C17H21ClN4O3/c1-11-8-16(19-17(25)21-7-6-14(23)15(24)10-21)22(20-11)9-12-4-2-3-5-13(12)18/h2-5,8,14-15,23-24H,6-7,9-10H2,1H3,(H,19,25)/t14-,15-/m1/s1. The molecule has 0 unspecified atom stereocenters. The minimum absolute atomic E-state index is 0.102. The van der Waals surface area contributed by atoms with Crippen LogP contribution < -0.4 is 5.32 Å². The molecule has 2 amide bonds. The van der Waals surface area contributed by atoms with Crippen LogP contribution in [0.25, 0.3) is 0 Å². The lowest BCUT2D eigenvalue weighted by molar-refractivity contribution is -0.0263. The van der Waals surface area contributed by atoms with E-state index in [1.807, 2.05) is 31.2 Å². The number of halogens is 1. The molecule has 8 heteroatoms. The smallest absolute Gasteiger partial charge is 0.323 e. The number of hydrogen-bond acceptors (Lipinski definition) is 4. The van der Waals surface area contributed by atoms with Crippen molar-refractivity contribution in [2.24, 2.45) is 0 Å². The zero-order valence-corrected chi connectivity index (χ0v) is 14.6. The minimum Gasteiger partial charge on any atom is -0.390 e. The summed E-state index contributed by atoms with van der Waals surface area (Å²) < 4.78 is 1.68. The molecule has 1 aromatic heterocycles. The number of aromatic nitrogens is 2. The molecule has 2 atom stereocenters. The van der Waals surface area contributed by atoms with Gasteiger partial charge in [0.15, 0.2) is 0 Å². The number of aryl methyl sites for hydroxylation is 1. The van der Waals surface area contributed by atoms with Gasteiger partial charge in [-0.15, -0.1) is 0 Å². The molecule has 0 aliphatic carbocycles. The minimum atomic E-state index is -0.922. The lowest BCUT2D eigenvalue weighted by Crippen LogP contribution is -2.50. The fourth-order valence-electron chi connectivity index (χ4n) is 2.85. The summed E-state index contributed by atoms with van der Waals surface area (Å²) in [5.74, 6) is 0.558. The highest BCUT2D eigenvalue weighted by atomic mass is 35.5. The van der Waals surface area contributed by atoms with Crippen LogP contribution in [0.4, 0.5) is 10.6 Å². The van der Waals surface area contributed by atoms with E-state index < -0.39 is 12.2 Å². The molecule has 0 spiro atoms. The van der Waals surface area contributed by atoms with Crippen LogP contribution in [0.1, 0.15) is 17.7 Å². The molecular formula is C17H21ClN4O3. The summed E-state index contributed by atoms with van der Waals surface area (Å²) in [6, 6.07) is 8.93. The number of anilines is 1. The van der Waals surface area contributed by atoms with Crippen molar-refractivity contribution in [3.63, 3.8) is 0 Å². The number of nitrogens with one attached hydrogen (secondary N) is 1. The number of likely N-dealkylation sites (tertiary alicyclic amines) is 1. The second kappa shape index (κ2) is 7.43. The molecule has 0 radical (unpaired) electrons. The summed E-state index contributed by atoms with van der Waals surface area (Å²) in [5.41, 5.74) is 1.68. The average Bonchev–Trinajstić information content (AvgIpc) is 2.91. The first kappa shape index (κ1) is 17.7. The van der Waals surface area contributed by atoms with Crippen molar-refractivity contribution >= 4 is 23.4 Å². The van der Waals surface area contributed by atoms with E-state index in [-0.39, 0.29) is 12.6 Å². The number of aliphatic hydroxyl groups is 2. The fourth-order valence-corrected chi connectivity index (χ4v) is 3.04. The number of carbonyl (C=O) groups excluding carboxylic acids is 1. The Morgan fingerprint density at radius 1 is 1.36 bits per heavy atom. The molecule has 2 aromatic rings. The van der Waals surface area contributed by atoms with Gasteiger partial charge in [0, 0.05) is 17.6 Å². The number of hydrogen-bond donors (Lipinski definition) is 3. The first-order valence-electron chi connectivity index (χ1n) is 8.14. The number of aliphatic hydroxyl groups excluding tert-OH is 2. The van der Waals surface area contributed by atoms with Gasteiger partial charge in [0.05, 0.1) is 31.0 Å². The molecular weight excluding hydrogens is 344 g/mol. The lowest BCUT2D eigenvalue weighted by Gasteiger charge is -2.33. The molecule has 1 aliphatic rings. The Hall–Kier alpha value is -2.09. The van der Waals surface area contributed by atoms with Crippen LogP contribution in [0.15, 0.2) is 30.3 Å². The molecule has 7 nitrogen and oxygen atoms in total. The van der Waals surface area contributed by atoms with Crippen molar-refractivity contribution in [2.45, 2.75) is 32.1 Å². The van der Waals surface area contributed by atoms with Crippen LogP contribution in [0.2, 0.25) is 5.02 Å². The van der Waals surface area contributed by atoms with E-state index in [9.17, 15) is 15.0 Å². The molecule has 1 aliphatic heterocycles. The summed E-state index contributed by atoms with van der Waals surface area (Å²) in [5, 5.41) is 27.2. The quantitative estimate of drug-likeness (QED) is 0.775. The van der Waals surface area contributed by atoms with E-state index in [0.717, 1.165) is 11.3 Å². The number of nitrogens with zero attached hydrogens (tertiary/aromatic N) is 3. The number of amides is 2. The Labute approximate surface area is 150 Å². The van der Waals surface area contributed by atoms with Crippen LogP contribution in [-0.2, 0) is 6.54 Å². The van der Waals surface area contributed by atoms with Crippen LogP contribution >= 0.6 is 11.6 Å². The summed E-state index contributed by atoms with van der Waals surface area (Å²) in [6.45, 7) is 2.77. The summed E-state index contributed by atoms with van der Waals surface area (Å²) in [4.78, 5) is 13.9. The Morgan fingerprint density at radius 3 is 2.84 bits per heavy atom. The normalized spacial score (nSPS) is 20.6. The van der Waals surface area contributed by atoms with Gasteiger partial charge in [-0.3, -0.25) is 5.32 Å². The second-order valence-corrected chi connectivity index (χ2v) is 6.63. The molecule has 1 fully saturated rings. The van der Waals surface area contributed by atoms with Gasteiger partial charge >= 0.3 is 6.03 Å². The summed E-state index contributed by atoms with van der Waals surface area (Å²) in [7, 11) is 0. The van der Waals surface area contributed by atoms with Gasteiger partial charge in [-0.2, -0.15) is 5.10 Å². The summed E-state index contributed by atoms with van der Waals surface area (Å²) in [6.07, 6.45) is -1.35. The van der Waals surface area contributed by atoms with E-state index >= 15 is 0 Å². The van der Waals surface area contributed by atoms with Crippen molar-refractivity contribution in [2.75, 3.05) is 18.4 Å². The van der Waals surface area contributed by atoms with Crippen LogP contribution in [-0.4, -0.2) is 56.2 Å². The largest absolute Gasteiger partial charge is 0.390 e. The van der Waals surface area contributed by atoms with Crippen molar-refractivity contribution in [3.8, 4) is 0 Å². The number of β-amino-alcohol motifs (C(OH)–C–C–N with tert-alkyl or cyclic N) is 1. The monoisotopic (exact) mass is 364 g/mol. The highest BCUT2D eigenvalue weighted by Gasteiger charge is 2.29. The van der Waals surface area contributed by atoms with Crippen LogP contribution in [0, 0.1) is 6.92 Å². The maximum absolute atomic E-state index is 12.5. The third-order valence-electron chi connectivity index (χ3n) is 4.25. The Kier molecular flexibility index (Phi) is 5.27. The zero-order chi connectivity index (χ0) is 18.0. The summed E-state index contributed by atoms with van der Waals surface area (Å²) >= 11 is 6.20. The first-order valence-corrected chi connectivity index (χ1v) is 8.52. The van der Waals surface area contributed by atoms with Gasteiger partial charge < -0.3 is 15.1 Å². The third-order valence-corrected chi connectivity index (χ3v) is 4.62. The molecule has 1 aromatic carbocycles. The lowest BCUT2D eigenvalue weighted by atomic mass is 10.1. The third kappa shape index (κ3) is 4.12. The number of carbonyl (C=O) groups is 1. The van der Waals surface area contributed by atoms with Gasteiger partial charge in [-0.25, -0.2) is 9.48 Å². The molecule has 3 N–H and O–H groups in total. The highest BCUT2D eigenvalue weighted by Crippen LogP contribution is 2.20. The molecule has 0 bridgehead atoms. The van der Waals surface area contributed by atoms with Crippen molar-refractivity contribution in [3.05, 3.63) is 46.6 Å². The maximum atomic E-state index is 12.5. The van der Waals surface area contributed by atoms with Crippen molar-refractivity contribution < 1.29 is 15.0 Å². The van der Waals surface area contributed by atoms with Crippen molar-refractivity contribution in [1.29, 1.82) is 0 Å². The van der Waals surface area contributed by atoms with Gasteiger partial charge in [-0.1, -0.05) is 29.8 Å². The Bertz CT molecular complexity index is 764. The Morgan fingerprint density at radius 2 is 2.12 bits per heavy atom. The maximum Gasteiger partial charge on any atom is 0.323 e.